The van der Waals surface area contributed by atoms with E-state index in [-0.39, 0.29) is 19.1 Å². The molecule has 8 heteroatoms. The molecule has 0 radical (unpaired) electrons. The van der Waals surface area contributed by atoms with Crippen molar-refractivity contribution in [3.63, 3.8) is 0 Å². The standard InChI is InChI=1S/C21H23N5O3/c1-13-18(20(28)25(2)8-9-27)12-23-26(13)21-22-11-15-5-4-14-10-16(29-3)6-7-17(14)19(15)24-21/h6-7,10-12,27H,4-5,8-9H2,1-3H3. The van der Waals surface area contributed by atoms with E-state index in [1.165, 1.54) is 16.7 Å². The van der Waals surface area contributed by atoms with Gasteiger partial charge in [0.2, 0.25) is 0 Å². The van der Waals surface area contributed by atoms with Crippen LogP contribution < -0.4 is 4.74 Å². The molecule has 8 nitrogen and oxygen atoms in total. The number of hydrogen-bond acceptors (Lipinski definition) is 6. The first-order chi connectivity index (χ1) is 14.0. The summed E-state index contributed by atoms with van der Waals surface area (Å²) in [5.41, 5.74) is 5.37. The van der Waals surface area contributed by atoms with Crippen LogP contribution in [-0.2, 0) is 12.8 Å². The maximum Gasteiger partial charge on any atom is 0.257 e. The first kappa shape index (κ1) is 19.1. The Balaban J connectivity index is 1.72. The number of aliphatic hydroxyl groups excluding tert-OH is 1. The summed E-state index contributed by atoms with van der Waals surface area (Å²) in [6, 6.07) is 6.01. The first-order valence-corrected chi connectivity index (χ1v) is 9.48. The van der Waals surface area contributed by atoms with Crippen LogP contribution in [0.15, 0.2) is 30.6 Å². The molecule has 150 valence electrons. The van der Waals surface area contributed by atoms with Gasteiger partial charge >= 0.3 is 0 Å². The number of carbonyl (C=O) groups is 1. The Hall–Kier alpha value is -3.26. The SMILES string of the molecule is COc1ccc2c(c1)CCc1cnc(-n3ncc(C(=O)N(C)CCO)c3C)nc1-2. The minimum absolute atomic E-state index is 0.0897. The molecule has 0 spiro atoms. The lowest BCUT2D eigenvalue weighted by Gasteiger charge is -2.20. The maximum absolute atomic E-state index is 12.6. The number of aryl methyl sites for hydroxylation is 2. The molecular formula is C21H23N5O3. The second-order valence-corrected chi connectivity index (χ2v) is 7.07. The van der Waals surface area contributed by atoms with Crippen LogP contribution in [0.4, 0.5) is 0 Å². The number of likely N-dealkylation sites (N-methyl/N-ethyl adjacent to an activating group) is 1. The molecule has 0 bridgehead atoms. The molecule has 29 heavy (non-hydrogen) atoms. The van der Waals surface area contributed by atoms with Gasteiger partial charge in [-0.05, 0) is 49.1 Å². The van der Waals surface area contributed by atoms with Crippen molar-refractivity contribution in [2.45, 2.75) is 19.8 Å². The summed E-state index contributed by atoms with van der Waals surface area (Å²) in [5, 5.41) is 13.4. The van der Waals surface area contributed by atoms with Crippen molar-refractivity contribution < 1.29 is 14.6 Å². The average molecular weight is 393 g/mol. The Kier molecular flexibility index (Phi) is 5.02. The largest absolute Gasteiger partial charge is 0.497 e. The van der Waals surface area contributed by atoms with Gasteiger partial charge in [0.05, 0.1) is 36.9 Å². The fourth-order valence-corrected chi connectivity index (χ4v) is 3.60. The summed E-state index contributed by atoms with van der Waals surface area (Å²) in [6.07, 6.45) is 5.14. The van der Waals surface area contributed by atoms with Crippen molar-refractivity contribution in [1.29, 1.82) is 0 Å². The van der Waals surface area contributed by atoms with Crippen molar-refractivity contribution in [2.75, 3.05) is 27.3 Å². The molecule has 0 saturated heterocycles. The smallest absolute Gasteiger partial charge is 0.257 e. The molecule has 0 atom stereocenters. The molecular weight excluding hydrogens is 370 g/mol. The number of methoxy groups -OCH3 is 1. The topological polar surface area (TPSA) is 93.4 Å². The highest BCUT2D eigenvalue weighted by Gasteiger charge is 2.22. The molecule has 1 amide bonds. The molecule has 1 aromatic carbocycles. The van der Waals surface area contributed by atoms with Crippen molar-refractivity contribution in [2.24, 2.45) is 0 Å². The van der Waals surface area contributed by atoms with E-state index in [1.807, 2.05) is 31.3 Å². The summed E-state index contributed by atoms with van der Waals surface area (Å²) >= 11 is 0. The Bertz CT molecular complexity index is 1080. The van der Waals surface area contributed by atoms with Crippen molar-refractivity contribution in [1.82, 2.24) is 24.6 Å². The van der Waals surface area contributed by atoms with E-state index >= 15 is 0 Å². The Morgan fingerprint density at radius 3 is 2.83 bits per heavy atom. The number of nitrogens with zero attached hydrogens (tertiary/aromatic N) is 5. The average Bonchev–Trinajstić information content (AvgIpc) is 3.13. The highest BCUT2D eigenvalue weighted by Crippen LogP contribution is 2.34. The van der Waals surface area contributed by atoms with E-state index in [9.17, 15) is 4.79 Å². The van der Waals surface area contributed by atoms with Gasteiger partial charge in [0.15, 0.2) is 0 Å². The first-order valence-electron chi connectivity index (χ1n) is 9.48. The summed E-state index contributed by atoms with van der Waals surface area (Å²) in [4.78, 5) is 23.3. The second-order valence-electron chi connectivity index (χ2n) is 7.07. The van der Waals surface area contributed by atoms with Gasteiger partial charge in [-0.2, -0.15) is 5.10 Å². The molecule has 0 aliphatic heterocycles. The molecule has 3 aromatic rings. The van der Waals surface area contributed by atoms with Gasteiger partial charge < -0.3 is 14.7 Å². The van der Waals surface area contributed by atoms with E-state index in [4.69, 9.17) is 14.8 Å². The van der Waals surface area contributed by atoms with Gasteiger partial charge in [-0.15, -0.1) is 0 Å². The van der Waals surface area contributed by atoms with Crippen LogP contribution in [0.2, 0.25) is 0 Å². The molecule has 1 aliphatic carbocycles. The van der Waals surface area contributed by atoms with E-state index in [0.29, 0.717) is 17.2 Å². The van der Waals surface area contributed by atoms with Gasteiger partial charge in [-0.25, -0.2) is 14.6 Å². The van der Waals surface area contributed by atoms with Crippen LogP contribution in [0, 0.1) is 6.92 Å². The molecule has 0 fully saturated rings. The van der Waals surface area contributed by atoms with E-state index in [1.54, 1.807) is 18.8 Å². The van der Waals surface area contributed by atoms with Gasteiger partial charge in [-0.3, -0.25) is 4.79 Å². The Morgan fingerprint density at radius 2 is 2.07 bits per heavy atom. The fourth-order valence-electron chi connectivity index (χ4n) is 3.60. The van der Waals surface area contributed by atoms with Crippen LogP contribution >= 0.6 is 0 Å². The number of benzene rings is 1. The molecule has 2 heterocycles. The summed E-state index contributed by atoms with van der Waals surface area (Å²) in [5.74, 6) is 1.06. The lowest BCUT2D eigenvalue weighted by atomic mass is 9.90. The number of rotatable bonds is 5. The minimum Gasteiger partial charge on any atom is -0.497 e. The number of amides is 1. The highest BCUT2D eigenvalue weighted by atomic mass is 16.5. The third-order valence-corrected chi connectivity index (χ3v) is 5.29. The molecule has 0 unspecified atom stereocenters. The van der Waals surface area contributed by atoms with E-state index < -0.39 is 0 Å². The zero-order valence-corrected chi connectivity index (χ0v) is 16.7. The predicted molar refractivity (Wildman–Crippen MR) is 107 cm³/mol. The summed E-state index contributed by atoms with van der Waals surface area (Å²) in [6.45, 7) is 1.99. The third-order valence-electron chi connectivity index (χ3n) is 5.29. The number of fused-ring (bicyclic) bond motifs is 3. The Labute approximate surface area is 168 Å². The molecule has 2 aromatic heterocycles. The van der Waals surface area contributed by atoms with Gasteiger partial charge in [0.1, 0.15) is 5.75 Å². The van der Waals surface area contributed by atoms with E-state index in [2.05, 4.69) is 10.1 Å². The zero-order valence-electron chi connectivity index (χ0n) is 16.7. The maximum atomic E-state index is 12.6. The van der Waals surface area contributed by atoms with Crippen molar-refractivity contribution in [3.8, 4) is 23.0 Å². The van der Waals surface area contributed by atoms with Crippen LogP contribution in [0.5, 0.6) is 5.75 Å². The molecule has 1 aliphatic rings. The fraction of sp³-hybridized carbons (Fsp3) is 0.333. The van der Waals surface area contributed by atoms with Crippen molar-refractivity contribution >= 4 is 5.91 Å². The number of aromatic nitrogens is 4. The number of carbonyl (C=O) groups excluding carboxylic acids is 1. The van der Waals surface area contributed by atoms with Gasteiger partial charge in [0.25, 0.3) is 11.9 Å². The predicted octanol–water partition coefficient (Wildman–Crippen LogP) is 1.81. The van der Waals surface area contributed by atoms with Gasteiger partial charge in [0, 0.05) is 25.4 Å². The molecule has 0 saturated carbocycles. The van der Waals surface area contributed by atoms with Crippen LogP contribution in [0.25, 0.3) is 17.2 Å². The lowest BCUT2D eigenvalue weighted by Crippen LogP contribution is -2.29. The molecule has 4 rings (SSSR count). The highest BCUT2D eigenvalue weighted by molar-refractivity contribution is 5.95. The van der Waals surface area contributed by atoms with Crippen LogP contribution in [-0.4, -0.2) is 63.0 Å². The number of aliphatic hydroxyl groups is 1. The van der Waals surface area contributed by atoms with Crippen molar-refractivity contribution in [3.05, 3.63) is 53.0 Å². The van der Waals surface area contributed by atoms with E-state index in [0.717, 1.165) is 35.4 Å². The minimum atomic E-state index is -0.196. The van der Waals surface area contributed by atoms with Gasteiger partial charge in [-0.1, -0.05) is 0 Å². The zero-order chi connectivity index (χ0) is 20.5. The van der Waals surface area contributed by atoms with Crippen LogP contribution in [0.3, 0.4) is 0 Å². The van der Waals surface area contributed by atoms with Crippen LogP contribution in [0.1, 0.15) is 27.2 Å². The number of hydrogen-bond donors (Lipinski definition) is 1. The quantitative estimate of drug-likeness (QED) is 0.711. The summed E-state index contributed by atoms with van der Waals surface area (Å²) < 4.78 is 6.92. The number of ether oxygens (including phenoxy) is 1. The third kappa shape index (κ3) is 3.36. The monoisotopic (exact) mass is 393 g/mol. The summed E-state index contributed by atoms with van der Waals surface area (Å²) in [7, 11) is 3.31. The lowest BCUT2D eigenvalue weighted by molar-refractivity contribution is 0.0766. The second kappa shape index (κ2) is 7.63. The molecule has 1 N–H and O–H groups in total. The normalized spacial score (nSPS) is 12.3. The Morgan fingerprint density at radius 1 is 1.28 bits per heavy atom.